The third kappa shape index (κ3) is 7.54. The van der Waals surface area contributed by atoms with E-state index in [0.29, 0.717) is 0 Å². The van der Waals surface area contributed by atoms with Crippen molar-refractivity contribution in [2.24, 2.45) is 0 Å². The predicted molar refractivity (Wildman–Crippen MR) is 118 cm³/mol. The molecule has 3 rings (SSSR count). The first-order valence-corrected chi connectivity index (χ1v) is 10.3. The molecule has 0 heterocycles. The van der Waals surface area contributed by atoms with E-state index in [0.717, 1.165) is 36.7 Å². The van der Waals surface area contributed by atoms with Crippen LogP contribution in [0.3, 0.4) is 0 Å². The minimum Gasteiger partial charge on any atom is -0.291 e. The molecule has 7 heteroatoms. The molecule has 7 nitrogen and oxygen atoms in total. The van der Waals surface area contributed by atoms with Gasteiger partial charge in [-0.3, -0.25) is 4.90 Å². The summed E-state index contributed by atoms with van der Waals surface area (Å²) >= 11 is 0. The molecule has 0 aliphatic heterocycles. The van der Waals surface area contributed by atoms with E-state index in [1.165, 1.54) is 16.7 Å². The molecule has 0 amide bonds. The molecule has 0 radical (unpaired) electrons. The SMILES string of the molecule is CO[NH2+]c1ccc(CN(Cc2ccc([NH2+]OC)cc2)Cc2ccc([NH2+]OC)cc2)cc1. The zero-order valence-electron chi connectivity index (χ0n) is 18.5. The number of nitrogens with two attached hydrogens (primary N) is 3. The van der Waals surface area contributed by atoms with Crippen LogP contribution in [0, 0.1) is 0 Å². The smallest absolute Gasteiger partial charge is 0.161 e. The minimum absolute atomic E-state index is 0.852. The molecule has 0 fully saturated rings. The molecule has 31 heavy (non-hydrogen) atoms. The first-order chi connectivity index (χ1) is 15.2. The molecule has 0 spiro atoms. The van der Waals surface area contributed by atoms with Crippen molar-refractivity contribution in [2.45, 2.75) is 19.6 Å². The first-order valence-electron chi connectivity index (χ1n) is 10.3. The summed E-state index contributed by atoms with van der Waals surface area (Å²) in [7, 11) is 5.00. The fourth-order valence-corrected chi connectivity index (χ4v) is 3.46. The fraction of sp³-hybridized carbons (Fsp3) is 0.250. The van der Waals surface area contributed by atoms with Crippen molar-refractivity contribution in [1.82, 2.24) is 4.90 Å². The average molecular weight is 426 g/mol. The van der Waals surface area contributed by atoms with Gasteiger partial charge in [0.2, 0.25) is 0 Å². The number of rotatable bonds is 12. The van der Waals surface area contributed by atoms with Gasteiger partial charge in [0.25, 0.3) is 0 Å². The Bertz CT molecular complexity index is 777. The lowest BCUT2D eigenvalue weighted by Gasteiger charge is -2.23. The molecule has 6 N–H and O–H groups in total. The zero-order valence-corrected chi connectivity index (χ0v) is 18.5. The minimum atomic E-state index is 0.852. The highest BCUT2D eigenvalue weighted by molar-refractivity contribution is 5.34. The number of benzene rings is 3. The summed E-state index contributed by atoms with van der Waals surface area (Å²) in [6, 6.07) is 25.5. The van der Waals surface area contributed by atoms with Crippen LogP contribution in [0.4, 0.5) is 17.1 Å². The topological polar surface area (TPSA) is 80.8 Å². The van der Waals surface area contributed by atoms with Crippen LogP contribution in [0.25, 0.3) is 0 Å². The van der Waals surface area contributed by atoms with E-state index in [4.69, 9.17) is 14.5 Å². The molecule has 0 aliphatic rings. The molecule has 0 atom stereocenters. The van der Waals surface area contributed by atoms with E-state index in [-0.39, 0.29) is 0 Å². The van der Waals surface area contributed by atoms with Crippen LogP contribution >= 0.6 is 0 Å². The predicted octanol–water partition coefficient (Wildman–Crippen LogP) is 1.16. The van der Waals surface area contributed by atoms with E-state index in [2.05, 4.69) is 77.7 Å². The quantitative estimate of drug-likeness (QED) is 0.301. The molecular formula is C24H33N4O3+3. The van der Waals surface area contributed by atoms with E-state index in [1.807, 2.05) is 0 Å². The lowest BCUT2D eigenvalue weighted by atomic mass is 10.1. The second kappa shape index (κ2) is 12.3. The Morgan fingerprint density at radius 2 is 0.742 bits per heavy atom. The second-order valence-corrected chi connectivity index (χ2v) is 7.43. The van der Waals surface area contributed by atoms with Crippen molar-refractivity contribution >= 4 is 17.1 Å². The Morgan fingerprint density at radius 1 is 0.484 bits per heavy atom. The molecule has 3 aromatic rings. The van der Waals surface area contributed by atoms with Crippen LogP contribution < -0.4 is 16.4 Å². The van der Waals surface area contributed by atoms with Gasteiger partial charge in [-0.15, -0.1) is 0 Å². The lowest BCUT2D eigenvalue weighted by Crippen LogP contribution is -2.75. The normalized spacial score (nSPS) is 11.2. The number of nitrogens with zero attached hydrogens (tertiary/aromatic N) is 1. The van der Waals surface area contributed by atoms with Crippen molar-refractivity contribution in [3.8, 4) is 0 Å². The van der Waals surface area contributed by atoms with E-state index in [9.17, 15) is 0 Å². The van der Waals surface area contributed by atoms with Crippen molar-refractivity contribution in [3.05, 3.63) is 89.5 Å². The summed E-state index contributed by atoms with van der Waals surface area (Å²) in [5.74, 6) is 0. The van der Waals surface area contributed by atoms with Gasteiger partial charge in [0.05, 0.1) is 21.3 Å². The van der Waals surface area contributed by atoms with Crippen LogP contribution in [-0.2, 0) is 34.1 Å². The highest BCUT2D eigenvalue weighted by Crippen LogP contribution is 2.17. The maximum Gasteiger partial charge on any atom is 0.161 e. The van der Waals surface area contributed by atoms with E-state index >= 15 is 0 Å². The number of hydrogen-bond acceptors (Lipinski definition) is 4. The summed E-state index contributed by atoms with van der Waals surface area (Å²) in [4.78, 5) is 17.8. The zero-order chi connectivity index (χ0) is 21.9. The Labute approximate surface area is 183 Å². The van der Waals surface area contributed by atoms with Gasteiger partial charge in [0.1, 0.15) is 0 Å². The summed E-state index contributed by atoms with van der Waals surface area (Å²) in [5, 5.41) is 0. The van der Waals surface area contributed by atoms with Gasteiger partial charge in [0.15, 0.2) is 17.1 Å². The van der Waals surface area contributed by atoms with Crippen LogP contribution in [0.5, 0.6) is 0 Å². The van der Waals surface area contributed by atoms with Crippen molar-refractivity contribution in [1.29, 1.82) is 0 Å². The van der Waals surface area contributed by atoms with Gasteiger partial charge in [0, 0.05) is 56.0 Å². The van der Waals surface area contributed by atoms with Gasteiger partial charge in [-0.25, -0.2) is 14.5 Å². The van der Waals surface area contributed by atoms with Crippen LogP contribution in [0.1, 0.15) is 16.7 Å². The molecule has 0 bridgehead atoms. The van der Waals surface area contributed by atoms with Gasteiger partial charge < -0.3 is 0 Å². The van der Waals surface area contributed by atoms with Crippen LogP contribution in [0.2, 0.25) is 0 Å². The fourth-order valence-electron chi connectivity index (χ4n) is 3.46. The maximum atomic E-state index is 5.10. The Balaban J connectivity index is 1.73. The standard InChI is InChI=1S/C24H30N4O3/c1-29-25-22-10-4-19(5-11-22)16-28(17-20-6-12-23(13-7-20)26-30-2)18-21-8-14-24(15-9-21)27-31-3/h4-15,25-27H,16-18H2,1-3H3/p+3. The summed E-state index contributed by atoms with van der Waals surface area (Å²) in [5.41, 5.74) is 12.2. The second-order valence-electron chi connectivity index (χ2n) is 7.43. The number of hydrogen-bond donors (Lipinski definition) is 3. The van der Waals surface area contributed by atoms with Crippen LogP contribution in [-0.4, -0.2) is 26.2 Å². The number of quaternary nitrogens is 3. The maximum absolute atomic E-state index is 5.10. The average Bonchev–Trinajstić information content (AvgIpc) is 2.78. The molecule has 164 valence electrons. The Morgan fingerprint density at radius 3 is 0.968 bits per heavy atom. The Kier molecular flexibility index (Phi) is 9.14. The Hall–Kier alpha value is -2.62. The molecule has 0 saturated heterocycles. The first kappa shape index (κ1) is 23.1. The largest absolute Gasteiger partial charge is 0.291 e. The molecular weight excluding hydrogens is 392 g/mol. The van der Waals surface area contributed by atoms with Crippen molar-refractivity contribution < 1.29 is 31.0 Å². The van der Waals surface area contributed by atoms with Crippen molar-refractivity contribution in [3.63, 3.8) is 0 Å². The molecule has 0 aliphatic carbocycles. The third-order valence-corrected chi connectivity index (χ3v) is 4.92. The molecule has 0 saturated carbocycles. The third-order valence-electron chi connectivity index (χ3n) is 4.92. The monoisotopic (exact) mass is 425 g/mol. The highest BCUT2D eigenvalue weighted by atomic mass is 16.6. The molecule has 0 unspecified atom stereocenters. The summed E-state index contributed by atoms with van der Waals surface area (Å²) < 4.78 is 0. The summed E-state index contributed by atoms with van der Waals surface area (Å²) in [6.45, 7) is 2.56. The van der Waals surface area contributed by atoms with Crippen molar-refractivity contribution in [2.75, 3.05) is 21.3 Å². The lowest BCUT2D eigenvalue weighted by molar-refractivity contribution is -0.830. The van der Waals surface area contributed by atoms with E-state index in [1.54, 1.807) is 37.8 Å². The highest BCUT2D eigenvalue weighted by Gasteiger charge is 2.11. The van der Waals surface area contributed by atoms with Crippen LogP contribution in [0.15, 0.2) is 72.8 Å². The van der Waals surface area contributed by atoms with Gasteiger partial charge >= 0.3 is 0 Å². The summed E-state index contributed by atoms with van der Waals surface area (Å²) in [6.07, 6.45) is 0. The van der Waals surface area contributed by atoms with E-state index < -0.39 is 0 Å². The van der Waals surface area contributed by atoms with Gasteiger partial charge in [-0.05, 0) is 16.7 Å². The molecule has 3 aromatic carbocycles. The van der Waals surface area contributed by atoms with Gasteiger partial charge in [-0.2, -0.15) is 16.4 Å². The molecule has 0 aromatic heterocycles. The van der Waals surface area contributed by atoms with Gasteiger partial charge in [-0.1, -0.05) is 36.4 Å².